The van der Waals surface area contributed by atoms with Crippen LogP contribution in [0.4, 0.5) is 0 Å². The van der Waals surface area contributed by atoms with Gasteiger partial charge in [0.15, 0.2) is 0 Å². The Hall–Kier alpha value is -1.99. The number of carbonyl (C=O) groups excluding carboxylic acids is 1. The Morgan fingerprint density at radius 3 is 2.87 bits per heavy atom. The average Bonchev–Trinajstić information content (AvgIpc) is 3.48. The molecular formula is C23H30N4O2S. The molecule has 6 nitrogen and oxygen atoms in total. The number of fused-ring (bicyclic) bond motifs is 1. The number of likely N-dealkylation sites (tertiary alicyclic amines) is 1. The van der Waals surface area contributed by atoms with Crippen LogP contribution in [0.2, 0.25) is 0 Å². The van der Waals surface area contributed by atoms with Crippen LogP contribution >= 0.6 is 11.3 Å². The van der Waals surface area contributed by atoms with Gasteiger partial charge in [0.05, 0.1) is 11.3 Å². The van der Waals surface area contributed by atoms with Gasteiger partial charge >= 0.3 is 0 Å². The van der Waals surface area contributed by atoms with Crippen molar-refractivity contribution in [3.8, 4) is 0 Å². The Bertz CT molecular complexity index is 949. The minimum absolute atomic E-state index is 0.00474. The number of nitrogens with one attached hydrogen (secondary N) is 1. The van der Waals surface area contributed by atoms with Crippen molar-refractivity contribution >= 4 is 17.2 Å². The van der Waals surface area contributed by atoms with Crippen molar-refractivity contribution in [1.29, 1.82) is 0 Å². The van der Waals surface area contributed by atoms with Crippen LogP contribution in [0.1, 0.15) is 66.4 Å². The SMILES string of the molecule is O=C(C1CCCC1)N1CCC[C@@H](c2nc3c(c(=O)[nH]2)CN(Cc2cccs2)CC3)C1. The molecule has 1 aliphatic carbocycles. The zero-order valence-corrected chi connectivity index (χ0v) is 18.3. The van der Waals surface area contributed by atoms with E-state index in [1.165, 1.54) is 17.7 Å². The second kappa shape index (κ2) is 8.63. The number of aromatic amines is 1. The number of nitrogens with zero attached hydrogens (tertiary/aromatic N) is 3. The number of hydrogen-bond donors (Lipinski definition) is 1. The molecule has 2 aliphatic heterocycles. The third-order valence-corrected chi connectivity index (χ3v) is 7.81. The molecule has 2 fully saturated rings. The van der Waals surface area contributed by atoms with E-state index in [0.717, 1.165) is 68.8 Å². The molecule has 1 saturated carbocycles. The first-order valence-electron chi connectivity index (χ1n) is 11.3. The van der Waals surface area contributed by atoms with E-state index in [9.17, 15) is 9.59 Å². The monoisotopic (exact) mass is 426 g/mol. The maximum Gasteiger partial charge on any atom is 0.255 e. The van der Waals surface area contributed by atoms with Crippen LogP contribution in [0.15, 0.2) is 22.3 Å². The van der Waals surface area contributed by atoms with E-state index in [1.807, 2.05) is 4.90 Å². The average molecular weight is 427 g/mol. The highest BCUT2D eigenvalue weighted by atomic mass is 32.1. The summed E-state index contributed by atoms with van der Waals surface area (Å²) in [5.74, 6) is 1.47. The van der Waals surface area contributed by atoms with E-state index >= 15 is 0 Å². The van der Waals surface area contributed by atoms with Crippen LogP contribution in [0.25, 0.3) is 0 Å². The Kier molecular flexibility index (Phi) is 5.74. The predicted octanol–water partition coefficient (Wildman–Crippen LogP) is 3.29. The Labute approximate surface area is 181 Å². The van der Waals surface area contributed by atoms with Gasteiger partial charge in [-0.05, 0) is 37.1 Å². The zero-order valence-electron chi connectivity index (χ0n) is 17.4. The van der Waals surface area contributed by atoms with Gasteiger partial charge in [0.1, 0.15) is 5.82 Å². The predicted molar refractivity (Wildman–Crippen MR) is 118 cm³/mol. The summed E-state index contributed by atoms with van der Waals surface area (Å²) in [6.07, 6.45) is 7.22. The number of thiophene rings is 1. The highest BCUT2D eigenvalue weighted by Crippen LogP contribution is 2.31. The van der Waals surface area contributed by atoms with Crippen molar-refractivity contribution in [2.45, 2.75) is 64.0 Å². The summed E-state index contributed by atoms with van der Waals surface area (Å²) < 4.78 is 0. The van der Waals surface area contributed by atoms with Crippen molar-refractivity contribution in [3.05, 3.63) is 49.8 Å². The number of hydrogen-bond acceptors (Lipinski definition) is 5. The molecule has 1 atom stereocenters. The van der Waals surface area contributed by atoms with Gasteiger partial charge in [-0.3, -0.25) is 14.5 Å². The second-order valence-electron chi connectivity index (χ2n) is 9.02. The molecular weight excluding hydrogens is 396 g/mol. The van der Waals surface area contributed by atoms with Crippen LogP contribution < -0.4 is 5.56 Å². The van der Waals surface area contributed by atoms with E-state index in [0.29, 0.717) is 19.0 Å². The van der Waals surface area contributed by atoms with Gasteiger partial charge in [0.2, 0.25) is 5.91 Å². The quantitative estimate of drug-likeness (QED) is 0.815. The molecule has 3 aliphatic rings. The largest absolute Gasteiger partial charge is 0.342 e. The summed E-state index contributed by atoms with van der Waals surface area (Å²) >= 11 is 1.76. The number of amides is 1. The molecule has 4 heterocycles. The van der Waals surface area contributed by atoms with Gasteiger partial charge in [0.25, 0.3) is 5.56 Å². The molecule has 0 radical (unpaired) electrons. The number of H-pyrrole nitrogens is 1. The van der Waals surface area contributed by atoms with Crippen molar-refractivity contribution < 1.29 is 4.79 Å². The molecule has 160 valence electrons. The van der Waals surface area contributed by atoms with Gasteiger partial charge in [-0.1, -0.05) is 18.9 Å². The first kappa shape index (κ1) is 19.9. The number of rotatable bonds is 4. The fraction of sp³-hybridized carbons (Fsp3) is 0.609. The Morgan fingerprint density at radius 2 is 2.07 bits per heavy atom. The van der Waals surface area contributed by atoms with E-state index in [1.54, 1.807) is 11.3 Å². The molecule has 1 saturated heterocycles. The van der Waals surface area contributed by atoms with Crippen LogP contribution in [0.5, 0.6) is 0 Å². The molecule has 0 spiro atoms. The summed E-state index contributed by atoms with van der Waals surface area (Å²) in [7, 11) is 0. The highest BCUT2D eigenvalue weighted by Gasteiger charge is 2.32. The summed E-state index contributed by atoms with van der Waals surface area (Å²) in [4.78, 5) is 39.4. The molecule has 0 aromatic carbocycles. The number of carbonyl (C=O) groups is 1. The topological polar surface area (TPSA) is 69.3 Å². The lowest BCUT2D eigenvalue weighted by Crippen LogP contribution is -2.43. The molecule has 2 aromatic heterocycles. The standard InChI is InChI=1S/C23H30N4O2S/c28-22-19-15-26(14-18-8-4-12-30-18)11-9-20(19)24-21(25-22)17-7-3-10-27(13-17)23(29)16-5-1-2-6-16/h4,8,12,16-17H,1-3,5-7,9-11,13-15H2,(H,24,25,28)/t17-/m1/s1. The van der Waals surface area contributed by atoms with E-state index in [4.69, 9.17) is 4.98 Å². The van der Waals surface area contributed by atoms with Crippen LogP contribution in [0, 0.1) is 5.92 Å². The zero-order chi connectivity index (χ0) is 20.5. The van der Waals surface area contributed by atoms with Gasteiger partial charge < -0.3 is 9.88 Å². The van der Waals surface area contributed by atoms with Crippen LogP contribution in [-0.4, -0.2) is 45.3 Å². The molecule has 7 heteroatoms. The van der Waals surface area contributed by atoms with Gasteiger partial charge in [-0.2, -0.15) is 0 Å². The van der Waals surface area contributed by atoms with Crippen LogP contribution in [-0.2, 0) is 24.3 Å². The fourth-order valence-corrected chi connectivity index (χ4v) is 6.03. The second-order valence-corrected chi connectivity index (χ2v) is 10.1. The molecule has 1 N–H and O–H groups in total. The van der Waals surface area contributed by atoms with Crippen molar-refractivity contribution in [1.82, 2.24) is 19.8 Å². The van der Waals surface area contributed by atoms with Crippen molar-refractivity contribution in [3.63, 3.8) is 0 Å². The Balaban J connectivity index is 1.29. The summed E-state index contributed by atoms with van der Waals surface area (Å²) in [6, 6.07) is 4.22. The van der Waals surface area contributed by atoms with E-state index < -0.39 is 0 Å². The van der Waals surface area contributed by atoms with Gasteiger partial charge in [-0.15, -0.1) is 11.3 Å². The normalized spacial score (nSPS) is 22.9. The third-order valence-electron chi connectivity index (χ3n) is 6.95. The summed E-state index contributed by atoms with van der Waals surface area (Å²) in [5.41, 5.74) is 1.77. The maximum atomic E-state index is 12.9. The molecule has 30 heavy (non-hydrogen) atoms. The maximum absolute atomic E-state index is 12.9. The lowest BCUT2D eigenvalue weighted by molar-refractivity contribution is -0.136. The minimum atomic E-state index is 0.00474. The van der Waals surface area contributed by atoms with Crippen LogP contribution in [0.3, 0.4) is 0 Å². The van der Waals surface area contributed by atoms with Gasteiger partial charge in [-0.25, -0.2) is 4.98 Å². The van der Waals surface area contributed by atoms with Crippen molar-refractivity contribution in [2.75, 3.05) is 19.6 Å². The first-order valence-corrected chi connectivity index (χ1v) is 12.2. The molecule has 1 amide bonds. The van der Waals surface area contributed by atoms with E-state index in [2.05, 4.69) is 27.4 Å². The number of aromatic nitrogens is 2. The minimum Gasteiger partial charge on any atom is -0.342 e. The fourth-order valence-electron chi connectivity index (χ4n) is 5.28. The highest BCUT2D eigenvalue weighted by molar-refractivity contribution is 7.09. The smallest absolute Gasteiger partial charge is 0.255 e. The Morgan fingerprint density at radius 1 is 1.20 bits per heavy atom. The molecule has 0 bridgehead atoms. The third kappa shape index (κ3) is 4.10. The molecule has 2 aromatic rings. The van der Waals surface area contributed by atoms with Gasteiger partial charge in [0, 0.05) is 55.9 Å². The number of piperidine rings is 1. The molecule has 5 rings (SSSR count). The molecule has 0 unspecified atom stereocenters. The summed E-state index contributed by atoms with van der Waals surface area (Å²) in [5, 5.41) is 2.10. The first-order chi connectivity index (χ1) is 14.7. The van der Waals surface area contributed by atoms with E-state index in [-0.39, 0.29) is 17.4 Å². The van der Waals surface area contributed by atoms with Crippen molar-refractivity contribution in [2.24, 2.45) is 5.92 Å². The summed E-state index contributed by atoms with van der Waals surface area (Å²) in [6.45, 7) is 4.02. The lowest BCUT2D eigenvalue weighted by Gasteiger charge is -2.34. The lowest BCUT2D eigenvalue weighted by atomic mass is 9.94.